The molecule has 1 atom stereocenters. The van der Waals surface area contributed by atoms with Gasteiger partial charge < -0.3 is 0 Å². The third-order valence-corrected chi connectivity index (χ3v) is 0. The van der Waals surface area contributed by atoms with Crippen molar-refractivity contribution in [3.63, 3.8) is 0 Å². The van der Waals surface area contributed by atoms with Gasteiger partial charge in [0.05, 0.1) is 0 Å². The van der Waals surface area contributed by atoms with Gasteiger partial charge in [-0.2, -0.15) is 0 Å². The van der Waals surface area contributed by atoms with Crippen molar-refractivity contribution in [2.45, 2.75) is 0 Å². The number of hydrogen-bond donors (Lipinski definition) is 0. The molecule has 0 N–H and O–H groups in total. The molecule has 0 rings (SSSR count). The molecule has 0 aliphatic heterocycles. The summed E-state index contributed by atoms with van der Waals surface area (Å²) in [7, 11) is 2.25. The number of halogens is 2. The molecule has 4 heteroatoms. The number of hydrogen-bond acceptors (Lipinski definition) is 0. The van der Waals surface area contributed by atoms with Crippen LogP contribution in [0.3, 0.4) is 0 Å². The second-order valence-corrected chi connectivity index (χ2v) is 6.99. The van der Waals surface area contributed by atoms with Gasteiger partial charge >= 0.3 is 0 Å². The van der Waals surface area contributed by atoms with Gasteiger partial charge in [0.2, 0.25) is 0 Å². The second kappa shape index (κ2) is 2.67. The number of rotatable bonds is 0. The van der Waals surface area contributed by atoms with Crippen LogP contribution in [0.4, 0.5) is 0 Å². The Kier molecular flexibility index (Phi) is 3.62. The smallest absolute Gasteiger partial charge is 0.0788 e. The fourth-order valence-corrected chi connectivity index (χ4v) is 0. The van der Waals surface area contributed by atoms with E-state index in [1.807, 2.05) is 0 Å². The Bertz CT molecular complexity index is 8.75. The maximum absolute atomic E-state index is 5.07. The summed E-state index contributed by atoms with van der Waals surface area (Å²) in [4.78, 5) is 0. The molecule has 0 fully saturated rings. The van der Waals surface area contributed by atoms with Crippen molar-refractivity contribution in [3.05, 3.63) is 0 Å². The van der Waals surface area contributed by atoms with Crippen LogP contribution in [0.2, 0.25) is 0 Å². The SMILES string of the molecule is PP(Cl)Cl. The predicted molar refractivity (Wildman–Crippen MR) is 28.3 cm³/mol. The van der Waals surface area contributed by atoms with E-state index in [1.54, 1.807) is 0 Å². The van der Waals surface area contributed by atoms with Crippen molar-refractivity contribution in [1.29, 1.82) is 0 Å². The summed E-state index contributed by atoms with van der Waals surface area (Å²) in [5, 5.41) is 0. The van der Waals surface area contributed by atoms with Crippen molar-refractivity contribution >= 4 is 37.7 Å². The summed E-state index contributed by atoms with van der Waals surface area (Å²) in [5.41, 5.74) is 0. The van der Waals surface area contributed by atoms with E-state index >= 15 is 0 Å². The fraction of sp³-hybridized carbons (Fsp3) is 0. The summed E-state index contributed by atoms with van der Waals surface area (Å²) in [6.07, 6.45) is -0.759. The lowest BCUT2D eigenvalue weighted by Gasteiger charge is -1.72. The van der Waals surface area contributed by atoms with Crippen LogP contribution in [0.5, 0.6) is 0 Å². The highest BCUT2D eigenvalue weighted by Crippen LogP contribution is 2.54. The van der Waals surface area contributed by atoms with Crippen molar-refractivity contribution < 1.29 is 0 Å². The summed E-state index contributed by atoms with van der Waals surface area (Å²) in [6.45, 7) is 0. The molecule has 0 heterocycles. The zero-order chi connectivity index (χ0) is 3.58. The Balaban J connectivity index is 2.32. The van der Waals surface area contributed by atoms with E-state index in [2.05, 4.69) is 8.93 Å². The van der Waals surface area contributed by atoms with E-state index in [4.69, 9.17) is 22.5 Å². The first kappa shape index (κ1) is 5.44. The molecular formula is H2Cl2P2. The minimum Gasteiger partial charge on any atom is -0.0788 e. The molecule has 0 aromatic heterocycles. The molecule has 0 aromatic rings. The fourth-order valence-electron chi connectivity index (χ4n) is 0. The van der Waals surface area contributed by atoms with Gasteiger partial charge in [0.1, 0.15) is 6.32 Å². The van der Waals surface area contributed by atoms with Crippen molar-refractivity contribution in [2.75, 3.05) is 0 Å². The molecule has 0 radical (unpaired) electrons. The molecule has 0 amide bonds. The molecule has 1 unspecified atom stereocenters. The first-order valence-electron chi connectivity index (χ1n) is 0.596. The van der Waals surface area contributed by atoms with E-state index in [9.17, 15) is 0 Å². The Labute approximate surface area is 38.3 Å². The lowest BCUT2D eigenvalue weighted by atomic mass is 29.8. The van der Waals surface area contributed by atoms with Crippen LogP contribution in [0.1, 0.15) is 0 Å². The molecule has 0 saturated carbocycles. The third kappa shape index (κ3) is 9.88. The standard InChI is InChI=1S/Cl2H2P2/c1-4(2)3/h3H2. The minimum absolute atomic E-state index is 0.759. The third-order valence-electron chi connectivity index (χ3n) is 0. The highest BCUT2D eigenvalue weighted by atomic mass is 35.9. The van der Waals surface area contributed by atoms with Crippen molar-refractivity contribution in [2.24, 2.45) is 0 Å². The van der Waals surface area contributed by atoms with Gasteiger partial charge in [0, 0.05) is 0 Å². The molecule has 4 heavy (non-hydrogen) atoms. The topological polar surface area (TPSA) is 0 Å². The van der Waals surface area contributed by atoms with Gasteiger partial charge in [-0.15, -0.1) is 0 Å². The molecular weight excluding hydrogens is 133 g/mol. The first-order chi connectivity index (χ1) is 1.73. The zero-order valence-electron chi connectivity index (χ0n) is 1.78. The van der Waals surface area contributed by atoms with E-state index in [1.165, 1.54) is 0 Å². The van der Waals surface area contributed by atoms with Crippen molar-refractivity contribution in [3.8, 4) is 0 Å². The monoisotopic (exact) mass is 134 g/mol. The Hall–Kier alpha value is 1.44. The molecule has 0 aromatic carbocycles. The largest absolute Gasteiger partial charge is 0.103 e. The predicted octanol–water partition coefficient (Wildman–Crippen LogP) is 2.57. The van der Waals surface area contributed by atoms with Gasteiger partial charge in [0.25, 0.3) is 0 Å². The molecule has 0 bridgehead atoms. The molecule has 26 valence electrons. The van der Waals surface area contributed by atoms with E-state index in [-0.39, 0.29) is 0 Å². The van der Waals surface area contributed by atoms with Crippen LogP contribution >= 0.6 is 37.7 Å². The van der Waals surface area contributed by atoms with E-state index in [0.717, 1.165) is 0 Å². The van der Waals surface area contributed by atoms with Gasteiger partial charge in [0.15, 0.2) is 0 Å². The zero-order valence-corrected chi connectivity index (χ0v) is 5.34. The Morgan fingerprint density at radius 1 is 1.50 bits per heavy atom. The van der Waals surface area contributed by atoms with Crippen LogP contribution in [-0.4, -0.2) is 0 Å². The summed E-state index contributed by atoms with van der Waals surface area (Å²) < 4.78 is 0. The summed E-state index contributed by atoms with van der Waals surface area (Å²) >= 11 is 10.1. The van der Waals surface area contributed by atoms with Gasteiger partial charge in [-0.3, -0.25) is 0 Å². The van der Waals surface area contributed by atoms with Gasteiger partial charge in [-0.1, -0.05) is 31.4 Å². The van der Waals surface area contributed by atoms with Crippen LogP contribution in [-0.2, 0) is 0 Å². The van der Waals surface area contributed by atoms with Crippen molar-refractivity contribution in [1.82, 2.24) is 0 Å². The highest BCUT2D eigenvalue weighted by Gasteiger charge is 1.75. The van der Waals surface area contributed by atoms with Crippen LogP contribution in [0.25, 0.3) is 0 Å². The lowest BCUT2D eigenvalue weighted by molar-refractivity contribution is 4.71. The molecule has 0 nitrogen and oxygen atoms in total. The van der Waals surface area contributed by atoms with E-state index < -0.39 is 6.32 Å². The van der Waals surface area contributed by atoms with Crippen LogP contribution in [0.15, 0.2) is 0 Å². The second-order valence-electron chi connectivity index (χ2n) is 0.259. The van der Waals surface area contributed by atoms with Gasteiger partial charge in [-0.05, 0) is 0 Å². The average molecular weight is 135 g/mol. The van der Waals surface area contributed by atoms with E-state index in [0.29, 0.717) is 0 Å². The normalized spacial score (nSPS) is 9.00. The minimum atomic E-state index is -0.759. The van der Waals surface area contributed by atoms with Crippen LogP contribution in [0, 0.1) is 0 Å². The van der Waals surface area contributed by atoms with Crippen LogP contribution < -0.4 is 0 Å². The molecule has 0 aliphatic rings. The highest BCUT2D eigenvalue weighted by molar-refractivity contribution is 8.39. The quantitative estimate of drug-likeness (QED) is 0.447. The maximum atomic E-state index is 5.07. The maximum Gasteiger partial charge on any atom is 0.103 e. The lowest BCUT2D eigenvalue weighted by Crippen LogP contribution is -0.930. The first-order valence-corrected chi connectivity index (χ1v) is 5.37. The average Bonchev–Trinajstić information content (AvgIpc) is 0.811. The summed E-state index contributed by atoms with van der Waals surface area (Å²) in [6, 6.07) is 0. The Morgan fingerprint density at radius 2 is 1.50 bits per heavy atom. The summed E-state index contributed by atoms with van der Waals surface area (Å²) in [5.74, 6) is 0. The Morgan fingerprint density at radius 3 is 1.50 bits per heavy atom. The molecule has 0 aliphatic carbocycles. The molecule has 0 spiro atoms. The van der Waals surface area contributed by atoms with Gasteiger partial charge in [-0.25, -0.2) is 0 Å². The molecule has 0 saturated heterocycles.